The standard InChI is InChI=1S/C50H37N5/c1-50(2,3)49-53-47(36-19-11-6-12-20-36)52-48(54-49)43-31-40(37-21-13-14-33(28-37)32-51)24-27-46(43)55-44-25-22-38(34-15-7-4-8-16-34)29-41(44)42-30-39(23-26-45(42)55)35-17-9-5-10-18-35/h4-31H,1-3H3. The molecule has 0 aliphatic carbocycles. The highest BCUT2D eigenvalue weighted by Crippen LogP contribution is 2.41. The zero-order valence-corrected chi connectivity index (χ0v) is 30.9. The highest BCUT2D eigenvalue weighted by Gasteiger charge is 2.24. The summed E-state index contributed by atoms with van der Waals surface area (Å²) < 4.78 is 2.35. The predicted octanol–water partition coefficient (Wildman–Crippen LogP) is 12.5. The summed E-state index contributed by atoms with van der Waals surface area (Å²) in [6.07, 6.45) is 0. The topological polar surface area (TPSA) is 67.4 Å². The van der Waals surface area contributed by atoms with Crippen LogP contribution in [-0.2, 0) is 5.41 Å². The van der Waals surface area contributed by atoms with Gasteiger partial charge >= 0.3 is 0 Å². The molecule has 0 aliphatic heterocycles. The van der Waals surface area contributed by atoms with Crippen molar-refractivity contribution in [1.82, 2.24) is 19.5 Å². The second kappa shape index (κ2) is 13.7. The van der Waals surface area contributed by atoms with Crippen LogP contribution < -0.4 is 0 Å². The van der Waals surface area contributed by atoms with E-state index in [9.17, 15) is 5.26 Å². The molecule has 0 saturated carbocycles. The third-order valence-corrected chi connectivity index (χ3v) is 10.1. The van der Waals surface area contributed by atoms with Crippen LogP contribution in [0.15, 0.2) is 170 Å². The maximum absolute atomic E-state index is 9.76. The first kappa shape index (κ1) is 33.7. The Morgan fingerprint density at radius 1 is 0.455 bits per heavy atom. The number of nitrogens with zero attached hydrogens (tertiary/aromatic N) is 5. The minimum Gasteiger partial charge on any atom is -0.308 e. The minimum absolute atomic E-state index is 0.339. The Morgan fingerprint density at radius 3 is 1.51 bits per heavy atom. The summed E-state index contributed by atoms with van der Waals surface area (Å²) in [6.45, 7) is 6.40. The van der Waals surface area contributed by atoms with E-state index in [4.69, 9.17) is 15.0 Å². The van der Waals surface area contributed by atoms with E-state index in [1.165, 1.54) is 11.1 Å². The summed E-state index contributed by atoms with van der Waals surface area (Å²) in [5, 5.41) is 12.1. The summed E-state index contributed by atoms with van der Waals surface area (Å²) >= 11 is 0. The molecule has 262 valence electrons. The van der Waals surface area contributed by atoms with Gasteiger partial charge in [0.15, 0.2) is 11.6 Å². The van der Waals surface area contributed by atoms with Crippen molar-refractivity contribution in [1.29, 1.82) is 5.26 Å². The fourth-order valence-electron chi connectivity index (χ4n) is 7.31. The highest BCUT2D eigenvalue weighted by atomic mass is 15.1. The molecular weight excluding hydrogens is 671 g/mol. The molecule has 5 nitrogen and oxygen atoms in total. The Morgan fingerprint density at radius 2 is 0.945 bits per heavy atom. The van der Waals surface area contributed by atoms with E-state index in [1.54, 1.807) is 0 Å². The Kier molecular flexibility index (Phi) is 8.37. The van der Waals surface area contributed by atoms with Crippen molar-refractivity contribution in [2.45, 2.75) is 26.2 Å². The molecule has 0 N–H and O–H groups in total. The van der Waals surface area contributed by atoms with Crippen molar-refractivity contribution in [2.75, 3.05) is 0 Å². The Bertz CT molecular complexity index is 2800. The van der Waals surface area contributed by atoms with Gasteiger partial charge < -0.3 is 4.57 Å². The lowest BCUT2D eigenvalue weighted by molar-refractivity contribution is 0.543. The third-order valence-electron chi connectivity index (χ3n) is 10.1. The summed E-state index contributed by atoms with van der Waals surface area (Å²) in [4.78, 5) is 15.4. The number of hydrogen-bond donors (Lipinski definition) is 0. The van der Waals surface area contributed by atoms with E-state index in [0.29, 0.717) is 23.0 Å². The van der Waals surface area contributed by atoms with Crippen LogP contribution in [0, 0.1) is 11.3 Å². The molecule has 9 aromatic rings. The SMILES string of the molecule is CC(C)(C)c1nc(-c2ccccc2)nc(-c2cc(-c3cccc(C#N)c3)ccc2-n2c3ccc(-c4ccccc4)cc3c3cc(-c4ccccc4)ccc32)n1. The largest absolute Gasteiger partial charge is 0.308 e. The van der Waals surface area contributed by atoms with Gasteiger partial charge in [-0.05, 0) is 81.9 Å². The average molecular weight is 708 g/mol. The molecule has 0 fully saturated rings. The summed E-state index contributed by atoms with van der Waals surface area (Å²) in [7, 11) is 0. The van der Waals surface area contributed by atoms with E-state index < -0.39 is 0 Å². The van der Waals surface area contributed by atoms with Crippen molar-refractivity contribution < 1.29 is 0 Å². The van der Waals surface area contributed by atoms with Gasteiger partial charge in [-0.3, -0.25) is 0 Å². The van der Waals surface area contributed by atoms with E-state index in [1.807, 2.05) is 54.6 Å². The molecule has 0 spiro atoms. The lowest BCUT2D eigenvalue weighted by Gasteiger charge is -2.20. The van der Waals surface area contributed by atoms with Crippen molar-refractivity contribution in [2.24, 2.45) is 0 Å². The number of aromatic nitrogens is 4. The summed E-state index contributed by atoms with van der Waals surface area (Å²) in [5.41, 5.74) is 11.7. The van der Waals surface area contributed by atoms with Crippen LogP contribution in [0.25, 0.3) is 83.6 Å². The average Bonchev–Trinajstić information content (AvgIpc) is 3.56. The van der Waals surface area contributed by atoms with Gasteiger partial charge in [-0.15, -0.1) is 0 Å². The fourth-order valence-corrected chi connectivity index (χ4v) is 7.31. The molecule has 0 bridgehead atoms. The Balaban J connectivity index is 1.36. The molecule has 0 amide bonds. The van der Waals surface area contributed by atoms with Crippen LogP contribution in [0.4, 0.5) is 0 Å². The van der Waals surface area contributed by atoms with Gasteiger partial charge in [0.1, 0.15) is 5.82 Å². The minimum atomic E-state index is -0.339. The maximum atomic E-state index is 9.76. The Labute approximate surface area is 320 Å². The number of hydrogen-bond acceptors (Lipinski definition) is 4. The van der Waals surface area contributed by atoms with Crippen molar-refractivity contribution >= 4 is 21.8 Å². The van der Waals surface area contributed by atoms with Crippen molar-refractivity contribution in [3.8, 4) is 67.9 Å². The van der Waals surface area contributed by atoms with Crippen LogP contribution >= 0.6 is 0 Å². The lowest BCUT2D eigenvalue weighted by Crippen LogP contribution is -2.18. The van der Waals surface area contributed by atoms with E-state index in [-0.39, 0.29) is 5.41 Å². The molecule has 5 heteroatoms. The Hall–Kier alpha value is -7.16. The highest BCUT2D eigenvalue weighted by molar-refractivity contribution is 6.12. The van der Waals surface area contributed by atoms with Gasteiger partial charge in [0.25, 0.3) is 0 Å². The second-order valence-electron chi connectivity index (χ2n) is 14.9. The van der Waals surface area contributed by atoms with Crippen LogP contribution in [0.3, 0.4) is 0 Å². The molecule has 0 saturated heterocycles. The molecule has 7 aromatic carbocycles. The van der Waals surface area contributed by atoms with Gasteiger partial charge in [0, 0.05) is 27.3 Å². The lowest BCUT2D eigenvalue weighted by atomic mass is 9.95. The molecule has 0 radical (unpaired) electrons. The number of benzene rings is 7. The van der Waals surface area contributed by atoms with Gasteiger partial charge in [-0.25, -0.2) is 15.0 Å². The van der Waals surface area contributed by atoms with Crippen LogP contribution in [0.2, 0.25) is 0 Å². The first-order valence-electron chi connectivity index (χ1n) is 18.5. The van der Waals surface area contributed by atoms with E-state index >= 15 is 0 Å². The van der Waals surface area contributed by atoms with Crippen LogP contribution in [0.5, 0.6) is 0 Å². The van der Waals surface area contributed by atoms with Crippen molar-refractivity contribution in [3.05, 3.63) is 181 Å². The van der Waals surface area contributed by atoms with E-state index in [2.05, 4.69) is 147 Å². The first-order valence-corrected chi connectivity index (χ1v) is 18.5. The quantitative estimate of drug-likeness (QED) is 0.173. The normalized spacial score (nSPS) is 11.5. The summed E-state index contributed by atoms with van der Waals surface area (Å²) in [6, 6.07) is 61.2. The maximum Gasteiger partial charge on any atom is 0.165 e. The van der Waals surface area contributed by atoms with Gasteiger partial charge in [-0.2, -0.15) is 5.26 Å². The smallest absolute Gasteiger partial charge is 0.165 e. The number of fused-ring (bicyclic) bond motifs is 3. The molecule has 0 atom stereocenters. The molecular formula is C50H37N5. The van der Waals surface area contributed by atoms with Crippen molar-refractivity contribution in [3.63, 3.8) is 0 Å². The first-order chi connectivity index (χ1) is 26.8. The number of nitriles is 1. The van der Waals surface area contributed by atoms with Gasteiger partial charge in [0.05, 0.1) is 28.4 Å². The zero-order chi connectivity index (χ0) is 37.5. The fraction of sp³-hybridized carbons (Fsp3) is 0.0800. The third kappa shape index (κ3) is 6.34. The molecule has 0 aliphatic rings. The monoisotopic (exact) mass is 707 g/mol. The van der Waals surface area contributed by atoms with Gasteiger partial charge in [0.2, 0.25) is 0 Å². The molecule has 0 unspecified atom stereocenters. The molecule has 2 aromatic heterocycles. The van der Waals surface area contributed by atoms with E-state index in [0.717, 1.165) is 60.9 Å². The molecule has 9 rings (SSSR count). The zero-order valence-electron chi connectivity index (χ0n) is 30.9. The molecule has 2 heterocycles. The molecule has 55 heavy (non-hydrogen) atoms. The predicted molar refractivity (Wildman–Crippen MR) is 225 cm³/mol. The van der Waals surface area contributed by atoms with Crippen LogP contribution in [-0.4, -0.2) is 19.5 Å². The van der Waals surface area contributed by atoms with Gasteiger partial charge in [-0.1, -0.05) is 142 Å². The van der Waals surface area contributed by atoms with Crippen LogP contribution in [0.1, 0.15) is 32.2 Å². The summed E-state index contributed by atoms with van der Waals surface area (Å²) in [5.74, 6) is 1.92. The second-order valence-corrected chi connectivity index (χ2v) is 14.9. The number of rotatable bonds is 6.